The molecule has 2 heterocycles. The van der Waals surface area contributed by atoms with Crippen LogP contribution in [0.3, 0.4) is 0 Å². The first-order valence-corrected chi connectivity index (χ1v) is 5.65. The molecule has 3 N–H and O–H groups in total. The van der Waals surface area contributed by atoms with Crippen LogP contribution >= 0.6 is 11.3 Å². The summed E-state index contributed by atoms with van der Waals surface area (Å²) < 4.78 is 18.7. The zero-order valence-electron chi connectivity index (χ0n) is 8.35. The van der Waals surface area contributed by atoms with Gasteiger partial charge in [0.15, 0.2) is 5.69 Å². The van der Waals surface area contributed by atoms with E-state index >= 15 is 0 Å². The summed E-state index contributed by atoms with van der Waals surface area (Å²) in [6, 6.07) is 0. The number of carbonyl (C=O) groups excluding carboxylic acids is 1. The predicted octanol–water partition coefficient (Wildman–Crippen LogP) is 0.594. The van der Waals surface area contributed by atoms with Gasteiger partial charge in [0, 0.05) is 0 Å². The van der Waals surface area contributed by atoms with Crippen LogP contribution in [0, 0.1) is 5.13 Å². The summed E-state index contributed by atoms with van der Waals surface area (Å²) in [6.07, 6.45) is 0.795. The average Bonchev–Trinajstić information content (AvgIpc) is 2.83. The molecule has 2 rings (SSSR count). The third-order valence-corrected chi connectivity index (χ3v) is 3.36. The summed E-state index contributed by atoms with van der Waals surface area (Å²) in [5.41, 5.74) is 4.63. The number of aromatic nitrogens is 1. The van der Waals surface area contributed by atoms with Gasteiger partial charge in [-0.25, -0.2) is 4.98 Å². The first-order chi connectivity index (χ1) is 7.61. The van der Waals surface area contributed by atoms with Gasteiger partial charge in [0.1, 0.15) is 11.1 Å². The Balaban J connectivity index is 2.16. The maximum atomic E-state index is 13.2. The van der Waals surface area contributed by atoms with Crippen LogP contribution in [0.5, 0.6) is 0 Å². The van der Waals surface area contributed by atoms with Crippen LogP contribution in [0.1, 0.15) is 34.4 Å². The van der Waals surface area contributed by atoms with Gasteiger partial charge in [0.2, 0.25) is 5.13 Å². The average molecular weight is 246 g/mol. The zero-order chi connectivity index (χ0) is 11.7. The number of amides is 1. The lowest BCUT2D eigenvalue weighted by Crippen LogP contribution is -2.13. The fraction of sp³-hybridized carbons (Fsp3) is 0.556. The van der Waals surface area contributed by atoms with Gasteiger partial charge >= 0.3 is 0 Å². The van der Waals surface area contributed by atoms with Gasteiger partial charge < -0.3 is 15.6 Å². The molecule has 1 fully saturated rings. The van der Waals surface area contributed by atoms with Crippen molar-refractivity contribution in [2.24, 2.45) is 5.73 Å². The van der Waals surface area contributed by atoms with E-state index in [1.165, 1.54) is 0 Å². The Morgan fingerprint density at radius 1 is 1.69 bits per heavy atom. The van der Waals surface area contributed by atoms with Crippen molar-refractivity contribution < 1.29 is 19.0 Å². The molecule has 0 bridgehead atoms. The normalized spacial score (nSPS) is 24.9. The molecule has 0 spiro atoms. The van der Waals surface area contributed by atoms with Crippen LogP contribution < -0.4 is 5.73 Å². The highest BCUT2D eigenvalue weighted by Crippen LogP contribution is 2.35. The van der Waals surface area contributed by atoms with Gasteiger partial charge in [-0.1, -0.05) is 11.3 Å². The topological polar surface area (TPSA) is 85.4 Å². The first-order valence-electron chi connectivity index (χ1n) is 4.84. The molecule has 1 saturated heterocycles. The summed E-state index contributed by atoms with van der Waals surface area (Å²) in [4.78, 5) is 14.6. The van der Waals surface area contributed by atoms with Gasteiger partial charge in [-0.15, -0.1) is 0 Å². The largest absolute Gasteiger partial charge is 0.394 e. The highest BCUT2D eigenvalue weighted by atomic mass is 32.1. The molecule has 0 aliphatic carbocycles. The molecule has 16 heavy (non-hydrogen) atoms. The Morgan fingerprint density at radius 3 is 2.94 bits per heavy atom. The maximum Gasteiger partial charge on any atom is 0.271 e. The monoisotopic (exact) mass is 246 g/mol. The first kappa shape index (κ1) is 11.4. The molecule has 0 saturated carbocycles. The van der Waals surface area contributed by atoms with E-state index in [0.717, 1.165) is 11.3 Å². The number of carbonyl (C=O) groups is 1. The number of rotatable bonds is 3. The lowest BCUT2D eigenvalue weighted by Gasteiger charge is -2.08. The molecule has 0 aromatic carbocycles. The van der Waals surface area contributed by atoms with Crippen molar-refractivity contribution >= 4 is 17.2 Å². The number of halogens is 1. The number of nitrogens with two attached hydrogens (primary N) is 1. The van der Waals surface area contributed by atoms with E-state index in [9.17, 15) is 9.18 Å². The summed E-state index contributed by atoms with van der Waals surface area (Å²) >= 11 is 0.767. The van der Waals surface area contributed by atoms with Crippen LogP contribution in [-0.4, -0.2) is 28.7 Å². The molecule has 0 radical (unpaired) electrons. The summed E-state index contributed by atoms with van der Waals surface area (Å²) in [7, 11) is 0. The molecule has 1 aliphatic rings. The quantitative estimate of drug-likeness (QED) is 0.817. The number of ether oxygens (including phenoxy) is 1. The maximum absolute atomic E-state index is 13.2. The Labute approximate surface area is 95.0 Å². The van der Waals surface area contributed by atoms with E-state index in [1.54, 1.807) is 0 Å². The summed E-state index contributed by atoms with van der Waals surface area (Å²) in [5.74, 6) is -0.878. The minimum absolute atomic E-state index is 0.0625. The lowest BCUT2D eigenvalue weighted by molar-refractivity contribution is 0.0109. The number of thiazole rings is 1. The van der Waals surface area contributed by atoms with Gasteiger partial charge in [0.05, 0.1) is 12.7 Å². The second-order valence-electron chi connectivity index (χ2n) is 3.55. The lowest BCUT2D eigenvalue weighted by atomic mass is 10.2. The van der Waals surface area contributed by atoms with E-state index in [2.05, 4.69) is 4.98 Å². The SMILES string of the molecule is NC(=O)c1nc([C@H]2CC[C@@H](CO)O2)sc1F. The molecule has 5 nitrogen and oxygen atoms in total. The predicted molar refractivity (Wildman–Crippen MR) is 54.5 cm³/mol. The van der Waals surface area contributed by atoms with Crippen molar-refractivity contribution in [1.82, 2.24) is 4.98 Å². The van der Waals surface area contributed by atoms with Gasteiger partial charge in [-0.05, 0) is 12.8 Å². The van der Waals surface area contributed by atoms with Crippen LogP contribution in [0.2, 0.25) is 0 Å². The third-order valence-electron chi connectivity index (χ3n) is 2.42. The second-order valence-corrected chi connectivity index (χ2v) is 4.53. The van der Waals surface area contributed by atoms with Gasteiger partial charge in [-0.3, -0.25) is 4.79 Å². The van der Waals surface area contributed by atoms with Crippen molar-refractivity contribution in [3.05, 3.63) is 15.8 Å². The standard InChI is InChI=1S/C9H11FN2O3S/c10-7-6(8(11)14)12-9(16-7)5-2-1-4(3-13)15-5/h4-5,13H,1-3H2,(H2,11,14)/t4-,5+/m0/s1. The second kappa shape index (κ2) is 4.44. The van der Waals surface area contributed by atoms with Crippen LogP contribution in [0.4, 0.5) is 4.39 Å². The zero-order valence-corrected chi connectivity index (χ0v) is 9.17. The van der Waals surface area contributed by atoms with E-state index in [-0.39, 0.29) is 24.5 Å². The Bertz CT molecular complexity index is 409. The Hall–Kier alpha value is -1.05. The number of nitrogens with zero attached hydrogens (tertiary/aromatic N) is 1. The molecule has 0 unspecified atom stereocenters. The van der Waals surface area contributed by atoms with Gasteiger partial charge in [0.25, 0.3) is 5.91 Å². The van der Waals surface area contributed by atoms with E-state index < -0.39 is 11.0 Å². The van der Waals surface area contributed by atoms with Crippen LogP contribution in [-0.2, 0) is 4.74 Å². The molecule has 1 aromatic heterocycles. The number of aliphatic hydroxyl groups is 1. The highest BCUT2D eigenvalue weighted by molar-refractivity contribution is 7.10. The van der Waals surface area contributed by atoms with E-state index in [0.29, 0.717) is 17.8 Å². The Kier molecular flexibility index (Phi) is 3.17. The fourth-order valence-corrected chi connectivity index (χ4v) is 2.50. The van der Waals surface area contributed by atoms with Crippen LogP contribution in [0.15, 0.2) is 0 Å². The molecule has 2 atom stereocenters. The molecule has 1 aromatic rings. The molecule has 1 amide bonds. The van der Waals surface area contributed by atoms with Crippen LogP contribution in [0.25, 0.3) is 0 Å². The summed E-state index contributed by atoms with van der Waals surface area (Å²) in [6.45, 7) is -0.0625. The minimum atomic E-state index is -0.878. The number of aliphatic hydroxyl groups excluding tert-OH is 1. The van der Waals surface area contributed by atoms with Crippen molar-refractivity contribution in [2.75, 3.05) is 6.61 Å². The van der Waals surface area contributed by atoms with Crippen molar-refractivity contribution in [3.8, 4) is 0 Å². The fourth-order valence-electron chi connectivity index (χ4n) is 1.63. The molecule has 7 heteroatoms. The van der Waals surface area contributed by atoms with E-state index in [1.807, 2.05) is 0 Å². The summed E-state index contributed by atoms with van der Waals surface area (Å²) in [5, 5.41) is 8.61. The van der Waals surface area contributed by atoms with Crippen molar-refractivity contribution in [3.63, 3.8) is 0 Å². The highest BCUT2D eigenvalue weighted by Gasteiger charge is 2.30. The van der Waals surface area contributed by atoms with E-state index in [4.69, 9.17) is 15.6 Å². The number of hydrogen-bond acceptors (Lipinski definition) is 5. The molecular weight excluding hydrogens is 235 g/mol. The molecule has 1 aliphatic heterocycles. The molecular formula is C9H11FN2O3S. The van der Waals surface area contributed by atoms with Gasteiger partial charge in [-0.2, -0.15) is 4.39 Å². The minimum Gasteiger partial charge on any atom is -0.394 e. The number of primary amides is 1. The third kappa shape index (κ3) is 2.06. The van der Waals surface area contributed by atoms with Crippen molar-refractivity contribution in [2.45, 2.75) is 25.0 Å². The Morgan fingerprint density at radius 2 is 2.44 bits per heavy atom. The number of hydrogen-bond donors (Lipinski definition) is 2. The smallest absolute Gasteiger partial charge is 0.271 e. The molecule has 88 valence electrons. The van der Waals surface area contributed by atoms with Crippen molar-refractivity contribution in [1.29, 1.82) is 0 Å².